The van der Waals surface area contributed by atoms with Gasteiger partial charge in [0.1, 0.15) is 5.82 Å². The summed E-state index contributed by atoms with van der Waals surface area (Å²) < 4.78 is 0.901. The van der Waals surface area contributed by atoms with Crippen molar-refractivity contribution in [3.8, 4) is 6.07 Å². The molecule has 2 N–H and O–H groups in total. The van der Waals surface area contributed by atoms with Crippen LogP contribution in [-0.2, 0) is 4.79 Å². The van der Waals surface area contributed by atoms with Crippen LogP contribution >= 0.6 is 15.9 Å². The highest BCUT2D eigenvalue weighted by molar-refractivity contribution is 9.10. The number of hydrazine groups is 1. The van der Waals surface area contributed by atoms with Crippen LogP contribution in [0.1, 0.15) is 35.8 Å². The molecule has 1 aliphatic carbocycles. The zero-order chi connectivity index (χ0) is 21.4. The van der Waals surface area contributed by atoms with Crippen LogP contribution in [0.4, 0.5) is 0 Å². The van der Waals surface area contributed by atoms with Crippen molar-refractivity contribution in [1.82, 2.24) is 10.0 Å². The minimum absolute atomic E-state index is 0.0715. The molecule has 5 nitrogen and oxygen atoms in total. The Morgan fingerprint density at radius 2 is 1.80 bits per heavy atom. The summed E-state index contributed by atoms with van der Waals surface area (Å²) in [5.41, 5.74) is 10.5. The van der Waals surface area contributed by atoms with Crippen LogP contribution in [-0.4, -0.2) is 29.9 Å². The molecule has 0 aromatic heterocycles. The van der Waals surface area contributed by atoms with Gasteiger partial charge in [0.05, 0.1) is 17.6 Å². The smallest absolute Gasteiger partial charge is 0.162 e. The van der Waals surface area contributed by atoms with Crippen LogP contribution in [0.2, 0.25) is 0 Å². The zero-order valence-corrected chi connectivity index (χ0v) is 18.6. The van der Waals surface area contributed by atoms with E-state index in [2.05, 4.69) is 34.1 Å². The Kier molecular flexibility index (Phi) is 5.50. The van der Waals surface area contributed by atoms with Crippen LogP contribution in [0.3, 0.4) is 0 Å². The first-order valence-corrected chi connectivity index (χ1v) is 10.7. The zero-order valence-electron chi connectivity index (χ0n) is 17.0. The number of carbonyl (C=O) groups is 1. The summed E-state index contributed by atoms with van der Waals surface area (Å²) in [7, 11) is 3.75. The molecule has 1 heterocycles. The molecule has 0 saturated carbocycles. The second-order valence-corrected chi connectivity index (χ2v) is 8.77. The molecule has 0 saturated heterocycles. The van der Waals surface area contributed by atoms with Crippen molar-refractivity contribution in [2.24, 2.45) is 5.73 Å². The topological polar surface area (TPSA) is 73.4 Å². The Morgan fingerprint density at radius 3 is 2.43 bits per heavy atom. The molecule has 6 heteroatoms. The molecule has 0 unspecified atom stereocenters. The summed E-state index contributed by atoms with van der Waals surface area (Å²) in [5, 5.41) is 13.7. The summed E-state index contributed by atoms with van der Waals surface area (Å²) in [6, 6.07) is 20.2. The van der Waals surface area contributed by atoms with E-state index >= 15 is 0 Å². The van der Waals surface area contributed by atoms with Crippen molar-refractivity contribution >= 4 is 21.7 Å². The van der Waals surface area contributed by atoms with Gasteiger partial charge in [-0.1, -0.05) is 58.4 Å². The van der Waals surface area contributed by atoms with E-state index in [1.54, 1.807) is 0 Å². The molecule has 0 amide bonds. The molecule has 1 aliphatic heterocycles. The lowest BCUT2D eigenvalue weighted by atomic mass is 9.72. The van der Waals surface area contributed by atoms with Crippen molar-refractivity contribution in [1.29, 1.82) is 5.26 Å². The minimum atomic E-state index is -0.456. The Hall–Kier alpha value is -2.88. The summed E-state index contributed by atoms with van der Waals surface area (Å²) >= 11 is 3.51. The quantitative estimate of drug-likeness (QED) is 0.730. The van der Waals surface area contributed by atoms with Gasteiger partial charge in [-0.3, -0.25) is 9.80 Å². The van der Waals surface area contributed by atoms with Gasteiger partial charge in [0, 0.05) is 36.3 Å². The number of allylic oxidation sites excluding steroid dienone is 3. The van der Waals surface area contributed by atoms with Gasteiger partial charge in [0.15, 0.2) is 5.78 Å². The van der Waals surface area contributed by atoms with Gasteiger partial charge in [0.25, 0.3) is 0 Å². The Labute approximate surface area is 185 Å². The Morgan fingerprint density at radius 1 is 1.10 bits per heavy atom. The number of hydrogen-bond donors (Lipinski definition) is 1. The second-order valence-electron chi connectivity index (χ2n) is 7.86. The van der Waals surface area contributed by atoms with Crippen LogP contribution in [0.5, 0.6) is 0 Å². The van der Waals surface area contributed by atoms with Gasteiger partial charge in [-0.25, -0.2) is 5.01 Å². The number of halogens is 1. The first-order chi connectivity index (χ1) is 14.4. The normalized spacial score (nSPS) is 21.7. The molecule has 4 rings (SSSR count). The summed E-state index contributed by atoms with van der Waals surface area (Å²) in [6.45, 7) is 0. The number of carbonyl (C=O) groups excluding carboxylic acids is 1. The van der Waals surface area contributed by atoms with Crippen molar-refractivity contribution in [3.63, 3.8) is 0 Å². The standard InChI is InChI=1S/C24H23BrN4O/c1-28(2)29-20-12-17(15-7-4-3-5-8-15)13-21(30)23(20)22(19(14-26)24(29)27)16-9-6-10-18(25)11-16/h3-11,17,22H,12-13,27H2,1-2H3/t17-,22+/m1/s1. The minimum Gasteiger partial charge on any atom is -0.383 e. The van der Waals surface area contributed by atoms with E-state index in [0.717, 1.165) is 21.3 Å². The second kappa shape index (κ2) is 8.10. The lowest BCUT2D eigenvalue weighted by molar-refractivity contribution is -0.117. The van der Waals surface area contributed by atoms with E-state index in [4.69, 9.17) is 5.73 Å². The van der Waals surface area contributed by atoms with Crippen LogP contribution in [0.25, 0.3) is 0 Å². The van der Waals surface area contributed by atoms with E-state index in [9.17, 15) is 10.1 Å². The number of hydrogen-bond acceptors (Lipinski definition) is 5. The predicted octanol–water partition coefficient (Wildman–Crippen LogP) is 4.42. The molecule has 2 aliphatic rings. The van der Waals surface area contributed by atoms with Crippen LogP contribution in [0, 0.1) is 11.3 Å². The average Bonchev–Trinajstić information content (AvgIpc) is 2.73. The van der Waals surface area contributed by atoms with Crippen molar-refractivity contribution in [2.75, 3.05) is 14.1 Å². The number of nitrogens with two attached hydrogens (primary N) is 1. The van der Waals surface area contributed by atoms with Gasteiger partial charge < -0.3 is 5.73 Å². The number of nitrogens with zero attached hydrogens (tertiary/aromatic N) is 3. The lowest BCUT2D eigenvalue weighted by Gasteiger charge is -2.43. The van der Waals surface area contributed by atoms with Crippen molar-refractivity contribution in [2.45, 2.75) is 24.7 Å². The van der Waals surface area contributed by atoms with Crippen LogP contribution in [0.15, 0.2) is 81.7 Å². The van der Waals surface area contributed by atoms with Gasteiger partial charge in [-0.15, -0.1) is 0 Å². The summed E-state index contributed by atoms with van der Waals surface area (Å²) in [4.78, 5) is 13.5. The maximum Gasteiger partial charge on any atom is 0.162 e. The fourth-order valence-corrected chi connectivity index (χ4v) is 4.97. The first-order valence-electron chi connectivity index (χ1n) is 9.86. The lowest BCUT2D eigenvalue weighted by Crippen LogP contribution is -2.46. The van der Waals surface area contributed by atoms with Gasteiger partial charge in [0.2, 0.25) is 0 Å². The van der Waals surface area contributed by atoms with Crippen LogP contribution < -0.4 is 5.73 Å². The van der Waals surface area contributed by atoms with Gasteiger partial charge >= 0.3 is 0 Å². The predicted molar refractivity (Wildman–Crippen MR) is 120 cm³/mol. The van der Waals surface area contributed by atoms with Crippen molar-refractivity contribution in [3.05, 3.63) is 92.9 Å². The third-order valence-corrected chi connectivity index (χ3v) is 6.29. The number of Topliss-reactive ketones (excluding diaryl/α,β-unsaturated/α-hetero) is 1. The first kappa shape index (κ1) is 20.4. The molecule has 0 fully saturated rings. The molecule has 30 heavy (non-hydrogen) atoms. The molecule has 0 radical (unpaired) electrons. The maximum absolute atomic E-state index is 13.5. The van der Waals surface area contributed by atoms with E-state index in [1.165, 1.54) is 0 Å². The van der Waals surface area contributed by atoms with E-state index in [1.807, 2.05) is 66.6 Å². The molecule has 152 valence electrons. The highest BCUT2D eigenvalue weighted by atomic mass is 79.9. The molecule has 2 atom stereocenters. The van der Waals surface area contributed by atoms with E-state index in [-0.39, 0.29) is 11.7 Å². The van der Waals surface area contributed by atoms with Gasteiger partial charge in [-0.05, 0) is 35.6 Å². The number of benzene rings is 2. The summed E-state index contributed by atoms with van der Waals surface area (Å²) in [6.07, 6.45) is 1.11. The maximum atomic E-state index is 13.5. The highest BCUT2D eigenvalue weighted by Crippen LogP contribution is 2.48. The number of nitriles is 1. The molecule has 2 aromatic rings. The summed E-state index contributed by atoms with van der Waals surface area (Å²) in [5.74, 6) is 0.0809. The molecule has 0 spiro atoms. The molecule has 0 bridgehead atoms. The number of rotatable bonds is 3. The molecule has 2 aromatic carbocycles. The highest BCUT2D eigenvalue weighted by Gasteiger charge is 2.43. The monoisotopic (exact) mass is 462 g/mol. The average molecular weight is 463 g/mol. The molecular formula is C24H23BrN4O. The number of ketones is 1. The largest absolute Gasteiger partial charge is 0.383 e. The fraction of sp³-hybridized carbons (Fsp3) is 0.250. The Bertz CT molecular complexity index is 1100. The Balaban J connectivity index is 1.90. The SMILES string of the molecule is CN(C)N1C(N)=C(C#N)[C@H](c2cccc(Br)c2)C2=C1C[C@@H](c1ccccc1)CC2=O. The van der Waals surface area contributed by atoms with E-state index in [0.29, 0.717) is 29.8 Å². The van der Waals surface area contributed by atoms with Crippen molar-refractivity contribution < 1.29 is 4.79 Å². The third-order valence-electron chi connectivity index (χ3n) is 5.79. The fourth-order valence-electron chi connectivity index (χ4n) is 4.55. The van der Waals surface area contributed by atoms with E-state index < -0.39 is 5.92 Å². The van der Waals surface area contributed by atoms with Gasteiger partial charge in [-0.2, -0.15) is 5.26 Å². The third kappa shape index (κ3) is 3.45. The molecular weight excluding hydrogens is 440 g/mol.